The highest BCUT2D eigenvalue weighted by atomic mass is 31.2. The maximum Gasteiger partial charge on any atom is 0.194 e. The summed E-state index contributed by atoms with van der Waals surface area (Å²) in [4.78, 5) is 0. The smallest absolute Gasteiger partial charge is 0.194 e. The molecule has 0 heterocycles. The van der Waals surface area contributed by atoms with Crippen molar-refractivity contribution in [2.45, 2.75) is 0 Å². The molecule has 0 saturated heterocycles. The van der Waals surface area contributed by atoms with Crippen LogP contribution in [-0.2, 0) is 4.57 Å². The number of halogens is 6. The van der Waals surface area contributed by atoms with Gasteiger partial charge in [-0.25, -0.2) is 26.3 Å². The fraction of sp³-hybridized carbons (Fsp3) is 0.0526. The van der Waals surface area contributed by atoms with E-state index in [1.54, 1.807) is 0 Å². The summed E-state index contributed by atoms with van der Waals surface area (Å²) >= 11 is 0. The molecule has 0 unspecified atom stereocenters. The van der Waals surface area contributed by atoms with Crippen LogP contribution in [0, 0.1) is 34.9 Å². The van der Waals surface area contributed by atoms with Crippen LogP contribution in [0.2, 0.25) is 0 Å². The van der Waals surface area contributed by atoms with Gasteiger partial charge >= 0.3 is 0 Å². The summed E-state index contributed by atoms with van der Waals surface area (Å²) < 4.78 is 101. The van der Waals surface area contributed by atoms with Gasteiger partial charge in [-0.05, 0) is 48.5 Å². The lowest BCUT2D eigenvalue weighted by Gasteiger charge is -2.21. The summed E-state index contributed by atoms with van der Waals surface area (Å²) in [7, 11) is -2.94. The van der Waals surface area contributed by atoms with Crippen LogP contribution < -0.4 is 20.7 Å². The molecule has 0 amide bonds. The van der Waals surface area contributed by atoms with Crippen molar-refractivity contribution in [2.24, 2.45) is 0 Å². The fourth-order valence-electron chi connectivity index (χ4n) is 2.69. The topological polar surface area (TPSA) is 26.3 Å². The van der Waals surface area contributed by atoms with Crippen molar-refractivity contribution in [1.29, 1.82) is 0 Å². The molecule has 0 aliphatic heterocycles. The van der Waals surface area contributed by atoms with Crippen molar-refractivity contribution in [3.8, 4) is 5.75 Å². The molecule has 0 aliphatic carbocycles. The van der Waals surface area contributed by atoms with Gasteiger partial charge in [0.25, 0.3) is 0 Å². The Kier molecular flexibility index (Phi) is 5.26. The van der Waals surface area contributed by atoms with Crippen LogP contribution in [0.4, 0.5) is 26.3 Å². The monoisotopic (exact) mass is 416 g/mol. The highest BCUT2D eigenvalue weighted by Gasteiger charge is 2.33. The van der Waals surface area contributed by atoms with Gasteiger partial charge in [-0.3, -0.25) is 0 Å². The maximum atomic E-state index is 13.9. The second-order valence-corrected chi connectivity index (χ2v) is 8.52. The Labute approximate surface area is 155 Å². The third kappa shape index (κ3) is 3.29. The molecule has 0 aromatic heterocycles. The molecule has 0 spiro atoms. The zero-order valence-electron chi connectivity index (χ0n) is 14.2. The summed E-state index contributed by atoms with van der Waals surface area (Å²) in [5, 5.41) is -1.19. The third-order valence-corrected chi connectivity index (χ3v) is 7.10. The van der Waals surface area contributed by atoms with Crippen molar-refractivity contribution in [1.82, 2.24) is 0 Å². The van der Waals surface area contributed by atoms with E-state index in [1.165, 1.54) is 31.4 Å². The first-order chi connectivity index (χ1) is 13.2. The zero-order valence-corrected chi connectivity index (χ0v) is 15.0. The van der Waals surface area contributed by atoms with Crippen LogP contribution >= 0.6 is 7.14 Å². The molecular weight excluding hydrogens is 405 g/mol. The Morgan fingerprint density at radius 2 is 1.00 bits per heavy atom. The number of hydrogen-bond acceptors (Lipinski definition) is 2. The van der Waals surface area contributed by atoms with Crippen molar-refractivity contribution < 1.29 is 35.6 Å². The Bertz CT molecular complexity index is 991. The van der Waals surface area contributed by atoms with Crippen LogP contribution in [-0.4, -0.2) is 7.11 Å². The minimum absolute atomic E-state index is 0.0795. The molecule has 0 aliphatic rings. The Balaban J connectivity index is 2.35. The standard InChI is InChI=1S/C19H11F6O2P/c1-27-10-2-4-11(5-3-10)28(26,12-6-14(20)18(24)15(21)7-12)13-8-16(22)19(25)17(23)9-13/h2-9H,1H3. The van der Waals surface area contributed by atoms with E-state index in [1.807, 2.05) is 0 Å². The fourth-order valence-corrected chi connectivity index (χ4v) is 5.33. The minimum atomic E-state index is -4.30. The largest absolute Gasteiger partial charge is 0.497 e. The number of benzene rings is 3. The van der Waals surface area contributed by atoms with Crippen LogP contribution in [0.25, 0.3) is 0 Å². The van der Waals surface area contributed by atoms with Gasteiger partial charge in [-0.2, -0.15) is 0 Å². The summed E-state index contributed by atoms with van der Waals surface area (Å²) in [6, 6.07) is 7.16. The first-order valence-electron chi connectivity index (χ1n) is 7.73. The molecule has 3 aromatic carbocycles. The molecular formula is C19H11F6O2P. The number of hydrogen-bond donors (Lipinski definition) is 0. The molecule has 0 radical (unpaired) electrons. The molecule has 2 nitrogen and oxygen atoms in total. The van der Waals surface area contributed by atoms with E-state index >= 15 is 0 Å². The first kappa shape index (κ1) is 20.0. The molecule has 146 valence electrons. The van der Waals surface area contributed by atoms with Gasteiger partial charge in [0.15, 0.2) is 42.0 Å². The lowest BCUT2D eigenvalue weighted by molar-refractivity contribution is 0.415. The SMILES string of the molecule is COc1ccc(P(=O)(c2cc(F)c(F)c(F)c2)c2cc(F)c(F)c(F)c2)cc1. The maximum absolute atomic E-state index is 13.9. The van der Waals surface area contributed by atoms with Gasteiger partial charge in [-0.1, -0.05) is 0 Å². The van der Waals surface area contributed by atoms with E-state index in [4.69, 9.17) is 4.74 Å². The van der Waals surface area contributed by atoms with Crippen molar-refractivity contribution >= 4 is 23.1 Å². The predicted molar refractivity (Wildman–Crippen MR) is 92.1 cm³/mol. The van der Waals surface area contributed by atoms with E-state index in [0.717, 1.165) is 0 Å². The summed E-state index contributed by atoms with van der Waals surface area (Å²) in [5.41, 5.74) is 0. The van der Waals surface area contributed by atoms with Gasteiger partial charge < -0.3 is 9.30 Å². The van der Waals surface area contributed by atoms with Crippen molar-refractivity contribution in [2.75, 3.05) is 7.11 Å². The summed E-state index contributed by atoms with van der Waals surface area (Å²) in [5.74, 6) is -9.76. The molecule has 3 rings (SSSR count). The summed E-state index contributed by atoms with van der Waals surface area (Å²) in [6.07, 6.45) is 0. The average molecular weight is 416 g/mol. The Hall–Kier alpha value is -2.73. The van der Waals surface area contributed by atoms with Crippen LogP contribution in [0.5, 0.6) is 5.75 Å². The normalized spacial score (nSPS) is 11.5. The zero-order chi connectivity index (χ0) is 20.6. The molecule has 0 fully saturated rings. The van der Waals surface area contributed by atoms with E-state index in [2.05, 4.69) is 0 Å². The molecule has 3 aromatic rings. The predicted octanol–water partition coefficient (Wildman–Crippen LogP) is 4.17. The number of methoxy groups -OCH3 is 1. The van der Waals surface area contributed by atoms with Gasteiger partial charge in [-0.15, -0.1) is 0 Å². The van der Waals surface area contributed by atoms with Crippen molar-refractivity contribution in [3.63, 3.8) is 0 Å². The number of rotatable bonds is 4. The van der Waals surface area contributed by atoms with Crippen LogP contribution in [0.3, 0.4) is 0 Å². The second kappa shape index (κ2) is 7.36. The van der Waals surface area contributed by atoms with E-state index in [9.17, 15) is 30.9 Å². The molecule has 0 bridgehead atoms. The molecule has 0 N–H and O–H groups in total. The van der Waals surface area contributed by atoms with Gasteiger partial charge in [0.1, 0.15) is 5.75 Å². The molecule has 28 heavy (non-hydrogen) atoms. The quantitative estimate of drug-likeness (QED) is 0.363. The van der Waals surface area contributed by atoms with Crippen molar-refractivity contribution in [3.05, 3.63) is 83.4 Å². The van der Waals surface area contributed by atoms with E-state index in [-0.39, 0.29) is 5.30 Å². The number of ether oxygens (including phenoxy) is 1. The van der Waals surface area contributed by atoms with Gasteiger partial charge in [0.05, 0.1) is 7.11 Å². The Morgan fingerprint density at radius 1 is 0.643 bits per heavy atom. The molecule has 0 saturated carbocycles. The second-order valence-electron chi connectivity index (χ2n) is 5.75. The third-order valence-electron chi connectivity index (χ3n) is 4.10. The van der Waals surface area contributed by atoms with E-state index < -0.39 is 52.7 Å². The van der Waals surface area contributed by atoms with E-state index in [0.29, 0.717) is 30.0 Å². The Morgan fingerprint density at radius 3 is 1.32 bits per heavy atom. The van der Waals surface area contributed by atoms with Crippen LogP contribution in [0.15, 0.2) is 48.5 Å². The summed E-state index contributed by atoms with van der Waals surface area (Å²) in [6.45, 7) is 0. The first-order valence-corrected chi connectivity index (χ1v) is 9.44. The lowest BCUT2D eigenvalue weighted by Crippen LogP contribution is -2.27. The van der Waals surface area contributed by atoms with Gasteiger partial charge in [0, 0.05) is 15.9 Å². The minimum Gasteiger partial charge on any atom is -0.497 e. The average Bonchev–Trinajstić information content (AvgIpc) is 2.68. The molecule has 9 heteroatoms. The molecule has 0 atom stereocenters. The highest BCUT2D eigenvalue weighted by molar-refractivity contribution is 7.85. The van der Waals surface area contributed by atoms with Gasteiger partial charge in [0.2, 0.25) is 0 Å². The lowest BCUT2D eigenvalue weighted by atomic mass is 10.3. The van der Waals surface area contributed by atoms with Crippen LogP contribution in [0.1, 0.15) is 0 Å². The highest BCUT2D eigenvalue weighted by Crippen LogP contribution is 2.43.